The van der Waals surface area contributed by atoms with Crippen LogP contribution in [0.5, 0.6) is 0 Å². The smallest absolute Gasteiger partial charge is 0.257 e. The fourth-order valence-electron chi connectivity index (χ4n) is 3.50. The molecule has 174 valence electrons. The van der Waals surface area contributed by atoms with E-state index in [1.165, 1.54) is 0 Å². The van der Waals surface area contributed by atoms with E-state index in [1.807, 2.05) is 38.1 Å². The van der Waals surface area contributed by atoms with Gasteiger partial charge in [-0.25, -0.2) is 0 Å². The van der Waals surface area contributed by atoms with Gasteiger partial charge in [-0.3, -0.25) is 9.59 Å². The van der Waals surface area contributed by atoms with Gasteiger partial charge in [0.15, 0.2) is 12.2 Å². The molecule has 0 fully saturated rings. The minimum Gasteiger partial charge on any atom is -0.378 e. The molecule has 0 aliphatic heterocycles. The summed E-state index contributed by atoms with van der Waals surface area (Å²) in [6, 6.07) is 27.9. The molecule has 4 aromatic rings. The normalized spacial score (nSPS) is 12.1. The Balaban J connectivity index is 0.00000158. The van der Waals surface area contributed by atoms with Gasteiger partial charge in [-0.15, -0.1) is 0 Å². The van der Waals surface area contributed by atoms with Crippen molar-refractivity contribution in [3.8, 4) is 0 Å². The van der Waals surface area contributed by atoms with Gasteiger partial charge in [0.05, 0.1) is 0 Å². The number of nitrogens with one attached hydrogen (secondary N) is 2. The quantitative estimate of drug-likeness (QED) is 0.320. The molecule has 2 unspecified atom stereocenters. The minimum absolute atomic E-state index is 0.494. The molecule has 0 saturated heterocycles. The number of anilines is 2. The lowest BCUT2D eigenvalue weighted by molar-refractivity contribution is -0.124. The van der Waals surface area contributed by atoms with E-state index in [2.05, 4.69) is 10.6 Å². The number of aliphatic hydroxyl groups is 2. The molecule has 0 saturated carbocycles. The van der Waals surface area contributed by atoms with Crippen LogP contribution >= 0.6 is 0 Å². The molecule has 4 aromatic carbocycles. The fraction of sp³-hybridized carbons (Fsp3) is 0.143. The van der Waals surface area contributed by atoms with Crippen LogP contribution in [0.3, 0.4) is 0 Å². The highest BCUT2D eigenvalue weighted by molar-refractivity contribution is 6.10. The summed E-state index contributed by atoms with van der Waals surface area (Å²) in [6.07, 6.45) is -2.62. The Kier molecular flexibility index (Phi) is 8.51. The number of aliphatic hydroxyl groups excluding tert-OH is 2. The topological polar surface area (TPSA) is 98.7 Å². The third kappa shape index (κ3) is 5.67. The summed E-state index contributed by atoms with van der Waals surface area (Å²) < 4.78 is 0. The monoisotopic (exact) mass is 456 g/mol. The number of benzene rings is 4. The first-order valence-electron chi connectivity index (χ1n) is 11.1. The largest absolute Gasteiger partial charge is 0.378 e. The van der Waals surface area contributed by atoms with E-state index in [0.717, 1.165) is 0 Å². The van der Waals surface area contributed by atoms with Gasteiger partial charge in [0.2, 0.25) is 0 Å². The van der Waals surface area contributed by atoms with E-state index in [1.54, 1.807) is 72.8 Å². The highest BCUT2D eigenvalue weighted by Gasteiger charge is 2.20. The van der Waals surface area contributed by atoms with Crippen molar-refractivity contribution >= 4 is 34.0 Å². The first kappa shape index (κ1) is 24.6. The highest BCUT2D eigenvalue weighted by atomic mass is 16.3. The Hall–Kier alpha value is -4.00. The molecule has 0 bridgehead atoms. The zero-order valence-electron chi connectivity index (χ0n) is 19.1. The Morgan fingerprint density at radius 1 is 0.559 bits per heavy atom. The summed E-state index contributed by atoms with van der Waals surface area (Å²) >= 11 is 0. The summed E-state index contributed by atoms with van der Waals surface area (Å²) in [7, 11) is 0. The maximum atomic E-state index is 12.6. The van der Waals surface area contributed by atoms with Crippen LogP contribution in [0, 0.1) is 0 Å². The van der Waals surface area contributed by atoms with Gasteiger partial charge in [-0.2, -0.15) is 0 Å². The molecule has 6 nitrogen and oxygen atoms in total. The maximum Gasteiger partial charge on any atom is 0.257 e. The van der Waals surface area contributed by atoms with E-state index in [0.29, 0.717) is 33.3 Å². The van der Waals surface area contributed by atoms with Gasteiger partial charge in [-0.05, 0) is 23.3 Å². The summed E-state index contributed by atoms with van der Waals surface area (Å²) in [5.41, 5.74) is 1.99. The average Bonchev–Trinajstić information content (AvgIpc) is 2.90. The number of hydrogen-bond donors (Lipinski definition) is 4. The number of rotatable bonds is 6. The first-order chi connectivity index (χ1) is 16.5. The first-order valence-corrected chi connectivity index (χ1v) is 11.1. The zero-order chi connectivity index (χ0) is 24.5. The Morgan fingerprint density at radius 3 is 1.26 bits per heavy atom. The summed E-state index contributed by atoms with van der Waals surface area (Å²) in [5, 5.41) is 27.6. The molecule has 2 atom stereocenters. The number of carbonyl (C=O) groups excluding carboxylic acids is 2. The van der Waals surface area contributed by atoms with Crippen LogP contribution in [-0.2, 0) is 9.59 Å². The lowest BCUT2D eigenvalue weighted by Crippen LogP contribution is -2.21. The third-order valence-corrected chi connectivity index (χ3v) is 5.17. The number of carbonyl (C=O) groups is 2. The molecule has 0 aromatic heterocycles. The molecule has 4 N–H and O–H groups in total. The third-order valence-electron chi connectivity index (χ3n) is 5.17. The second kappa shape index (κ2) is 11.7. The molecule has 2 amide bonds. The van der Waals surface area contributed by atoms with Gasteiger partial charge in [0.1, 0.15) is 0 Å². The minimum atomic E-state index is -1.31. The van der Waals surface area contributed by atoms with Crippen molar-refractivity contribution in [2.24, 2.45) is 0 Å². The SMILES string of the molecule is CC.O=C(Nc1cccc2c(NC(=O)C(O)c3ccccc3)cccc12)C(O)c1ccccc1. The molecule has 0 radical (unpaired) electrons. The molecular weight excluding hydrogens is 428 g/mol. The highest BCUT2D eigenvalue weighted by Crippen LogP contribution is 2.30. The van der Waals surface area contributed by atoms with Crippen LogP contribution in [0.4, 0.5) is 11.4 Å². The standard InChI is InChI=1S/C26H22N2O4.C2H6/c29-23(17-9-3-1-4-10-17)25(31)27-21-15-7-14-20-19(21)13-8-16-22(20)28-26(32)24(30)18-11-5-2-6-12-18;1-2/h1-16,23-24,29-30H,(H,27,31)(H,28,32);1-2H3. The van der Waals surface area contributed by atoms with Gasteiger partial charge < -0.3 is 20.8 Å². The molecule has 6 heteroatoms. The van der Waals surface area contributed by atoms with E-state index < -0.39 is 24.0 Å². The predicted octanol–water partition coefficient (Wildman–Crippen LogP) is 5.21. The molecule has 0 aliphatic rings. The molecule has 34 heavy (non-hydrogen) atoms. The Labute approximate surface area is 198 Å². The second-order valence-electron chi connectivity index (χ2n) is 7.31. The predicted molar refractivity (Wildman–Crippen MR) is 135 cm³/mol. The Morgan fingerprint density at radius 2 is 0.912 bits per heavy atom. The van der Waals surface area contributed by atoms with Crippen LogP contribution in [0.1, 0.15) is 37.2 Å². The van der Waals surface area contributed by atoms with Crippen LogP contribution < -0.4 is 10.6 Å². The van der Waals surface area contributed by atoms with Crippen molar-refractivity contribution in [2.75, 3.05) is 10.6 Å². The maximum absolute atomic E-state index is 12.6. The fourth-order valence-corrected chi connectivity index (χ4v) is 3.50. The lowest BCUT2D eigenvalue weighted by atomic mass is 10.0. The second-order valence-corrected chi connectivity index (χ2v) is 7.31. The zero-order valence-corrected chi connectivity index (χ0v) is 19.1. The number of fused-ring (bicyclic) bond motifs is 1. The summed E-state index contributed by atoms with van der Waals surface area (Å²) in [5.74, 6) is -1.12. The van der Waals surface area contributed by atoms with Gasteiger partial charge >= 0.3 is 0 Å². The van der Waals surface area contributed by atoms with Crippen molar-refractivity contribution in [2.45, 2.75) is 26.1 Å². The van der Waals surface area contributed by atoms with E-state index in [-0.39, 0.29) is 0 Å². The lowest BCUT2D eigenvalue weighted by Gasteiger charge is -2.16. The molecule has 0 heterocycles. The summed E-state index contributed by atoms with van der Waals surface area (Å²) in [6.45, 7) is 4.00. The van der Waals surface area contributed by atoms with Crippen LogP contribution in [0.2, 0.25) is 0 Å². The Bertz CT molecular complexity index is 1140. The van der Waals surface area contributed by atoms with Gasteiger partial charge in [-0.1, -0.05) is 98.8 Å². The van der Waals surface area contributed by atoms with Crippen LogP contribution in [0.15, 0.2) is 97.1 Å². The van der Waals surface area contributed by atoms with E-state index in [4.69, 9.17) is 0 Å². The van der Waals surface area contributed by atoms with E-state index >= 15 is 0 Å². The van der Waals surface area contributed by atoms with Gasteiger partial charge in [0, 0.05) is 22.1 Å². The molecular formula is C28H28N2O4. The average molecular weight is 457 g/mol. The van der Waals surface area contributed by atoms with Crippen molar-refractivity contribution in [1.82, 2.24) is 0 Å². The van der Waals surface area contributed by atoms with Crippen LogP contribution in [0.25, 0.3) is 10.8 Å². The van der Waals surface area contributed by atoms with Crippen molar-refractivity contribution < 1.29 is 19.8 Å². The molecule has 0 spiro atoms. The van der Waals surface area contributed by atoms with Crippen molar-refractivity contribution in [3.05, 3.63) is 108 Å². The van der Waals surface area contributed by atoms with Crippen molar-refractivity contribution in [1.29, 1.82) is 0 Å². The number of hydrogen-bond acceptors (Lipinski definition) is 4. The van der Waals surface area contributed by atoms with Gasteiger partial charge in [0.25, 0.3) is 11.8 Å². The van der Waals surface area contributed by atoms with Crippen LogP contribution in [-0.4, -0.2) is 22.0 Å². The summed E-state index contributed by atoms with van der Waals surface area (Å²) in [4.78, 5) is 25.2. The van der Waals surface area contributed by atoms with E-state index in [9.17, 15) is 19.8 Å². The molecule has 0 aliphatic carbocycles. The van der Waals surface area contributed by atoms with Crippen molar-refractivity contribution in [3.63, 3.8) is 0 Å². The number of amides is 2. The molecule has 4 rings (SSSR count).